The highest BCUT2D eigenvalue weighted by atomic mass is 16.3. The standard InChI is InChI=1S/C14H28N2O/c1-3-14(2,10-15-12-6-7-12)11-16-8-4-5-13(16)9-17/h12-13,15,17H,3-11H2,1-2H3. The molecule has 0 amide bonds. The molecule has 0 aromatic rings. The van der Waals surface area contributed by atoms with Gasteiger partial charge in [-0.25, -0.2) is 0 Å². The smallest absolute Gasteiger partial charge is 0.0586 e. The normalized spacial score (nSPS) is 29.5. The topological polar surface area (TPSA) is 35.5 Å². The lowest BCUT2D eigenvalue weighted by Crippen LogP contribution is -2.45. The molecular formula is C14H28N2O. The minimum atomic E-state index is 0.329. The van der Waals surface area contributed by atoms with Gasteiger partial charge in [-0.15, -0.1) is 0 Å². The Labute approximate surface area is 106 Å². The van der Waals surface area contributed by atoms with E-state index in [2.05, 4.69) is 24.1 Å². The van der Waals surface area contributed by atoms with Crippen molar-refractivity contribution in [2.75, 3.05) is 26.2 Å². The van der Waals surface area contributed by atoms with Crippen LogP contribution in [0.25, 0.3) is 0 Å². The highest BCUT2D eigenvalue weighted by molar-refractivity contribution is 4.89. The molecule has 2 N–H and O–H groups in total. The maximum absolute atomic E-state index is 9.38. The van der Waals surface area contributed by atoms with Crippen molar-refractivity contribution in [1.29, 1.82) is 0 Å². The molecular weight excluding hydrogens is 212 g/mol. The SMILES string of the molecule is CCC(C)(CNC1CC1)CN1CCCC1CO. The van der Waals surface area contributed by atoms with Gasteiger partial charge in [0.1, 0.15) is 0 Å². The number of aliphatic hydroxyl groups is 1. The summed E-state index contributed by atoms with van der Waals surface area (Å²) in [5.74, 6) is 0. The van der Waals surface area contributed by atoms with E-state index in [-0.39, 0.29) is 0 Å². The van der Waals surface area contributed by atoms with Gasteiger partial charge in [0.05, 0.1) is 6.61 Å². The summed E-state index contributed by atoms with van der Waals surface area (Å²) in [7, 11) is 0. The highest BCUT2D eigenvalue weighted by Crippen LogP contribution is 2.28. The Morgan fingerprint density at radius 2 is 2.12 bits per heavy atom. The second-order valence-electron chi connectivity index (χ2n) is 6.27. The van der Waals surface area contributed by atoms with Crippen LogP contribution in [0.1, 0.15) is 46.0 Å². The van der Waals surface area contributed by atoms with Crippen molar-refractivity contribution in [3.63, 3.8) is 0 Å². The van der Waals surface area contributed by atoms with Crippen LogP contribution < -0.4 is 5.32 Å². The minimum Gasteiger partial charge on any atom is -0.395 e. The van der Waals surface area contributed by atoms with Crippen molar-refractivity contribution in [1.82, 2.24) is 10.2 Å². The largest absolute Gasteiger partial charge is 0.395 e. The lowest BCUT2D eigenvalue weighted by atomic mass is 9.86. The van der Waals surface area contributed by atoms with Crippen molar-refractivity contribution >= 4 is 0 Å². The Hall–Kier alpha value is -0.120. The molecule has 2 atom stereocenters. The molecule has 100 valence electrons. The number of hydrogen-bond acceptors (Lipinski definition) is 3. The van der Waals surface area contributed by atoms with Crippen LogP contribution in [-0.4, -0.2) is 48.3 Å². The van der Waals surface area contributed by atoms with Crippen LogP contribution >= 0.6 is 0 Å². The zero-order valence-corrected chi connectivity index (χ0v) is 11.4. The number of likely N-dealkylation sites (tertiary alicyclic amines) is 1. The van der Waals surface area contributed by atoms with Crippen LogP contribution in [0, 0.1) is 5.41 Å². The van der Waals surface area contributed by atoms with Gasteiger partial charge >= 0.3 is 0 Å². The predicted octanol–water partition coefficient (Wildman–Crippen LogP) is 1.61. The molecule has 3 heteroatoms. The fourth-order valence-electron chi connectivity index (χ4n) is 2.77. The molecule has 1 saturated heterocycles. The summed E-state index contributed by atoms with van der Waals surface area (Å²) in [6, 6.07) is 1.22. The van der Waals surface area contributed by atoms with Gasteiger partial charge in [-0.2, -0.15) is 0 Å². The summed E-state index contributed by atoms with van der Waals surface area (Å²) in [6.45, 7) is 8.44. The average Bonchev–Trinajstić information content (AvgIpc) is 3.07. The van der Waals surface area contributed by atoms with Crippen LogP contribution in [0.3, 0.4) is 0 Å². The van der Waals surface area contributed by atoms with Crippen LogP contribution in [0.5, 0.6) is 0 Å². The summed E-state index contributed by atoms with van der Waals surface area (Å²) in [5.41, 5.74) is 0.361. The van der Waals surface area contributed by atoms with Crippen LogP contribution in [0.15, 0.2) is 0 Å². The van der Waals surface area contributed by atoms with E-state index in [9.17, 15) is 5.11 Å². The third-order valence-electron chi connectivity index (χ3n) is 4.54. The van der Waals surface area contributed by atoms with E-state index in [0.717, 1.165) is 19.1 Å². The van der Waals surface area contributed by atoms with Crippen LogP contribution in [0.2, 0.25) is 0 Å². The van der Waals surface area contributed by atoms with Gasteiger partial charge in [-0.3, -0.25) is 4.90 Å². The van der Waals surface area contributed by atoms with E-state index in [4.69, 9.17) is 0 Å². The second-order valence-corrected chi connectivity index (χ2v) is 6.27. The molecule has 17 heavy (non-hydrogen) atoms. The molecule has 2 rings (SSSR count). The lowest BCUT2D eigenvalue weighted by molar-refractivity contribution is 0.106. The minimum absolute atomic E-state index is 0.329. The summed E-state index contributed by atoms with van der Waals surface area (Å²) < 4.78 is 0. The zero-order valence-electron chi connectivity index (χ0n) is 11.4. The molecule has 2 unspecified atom stereocenters. The van der Waals surface area contributed by atoms with Gasteiger partial charge in [0, 0.05) is 25.2 Å². The van der Waals surface area contributed by atoms with Crippen LogP contribution in [0.4, 0.5) is 0 Å². The van der Waals surface area contributed by atoms with Crippen molar-refractivity contribution in [2.45, 2.75) is 58.0 Å². The molecule has 1 heterocycles. The molecule has 1 aliphatic heterocycles. The van der Waals surface area contributed by atoms with Gasteiger partial charge in [0.15, 0.2) is 0 Å². The van der Waals surface area contributed by atoms with Gasteiger partial charge in [-0.05, 0) is 44.1 Å². The molecule has 0 bridgehead atoms. The molecule has 2 fully saturated rings. The predicted molar refractivity (Wildman–Crippen MR) is 71.1 cm³/mol. The Bertz CT molecular complexity index is 242. The van der Waals surface area contributed by atoms with E-state index in [1.165, 1.54) is 38.6 Å². The Kier molecular flexibility index (Phi) is 4.45. The quantitative estimate of drug-likeness (QED) is 0.710. The van der Waals surface area contributed by atoms with Crippen LogP contribution in [-0.2, 0) is 0 Å². The Morgan fingerprint density at radius 1 is 1.35 bits per heavy atom. The van der Waals surface area contributed by atoms with E-state index in [0.29, 0.717) is 18.1 Å². The van der Waals surface area contributed by atoms with Gasteiger partial charge < -0.3 is 10.4 Å². The van der Waals surface area contributed by atoms with E-state index < -0.39 is 0 Å². The molecule has 0 spiro atoms. The fourth-order valence-corrected chi connectivity index (χ4v) is 2.77. The molecule has 1 aliphatic carbocycles. The average molecular weight is 240 g/mol. The first kappa shape index (κ1) is 13.3. The molecule has 0 aromatic carbocycles. The molecule has 3 nitrogen and oxygen atoms in total. The van der Waals surface area contributed by atoms with E-state index in [1.807, 2.05) is 0 Å². The first-order valence-electron chi connectivity index (χ1n) is 7.25. The maximum Gasteiger partial charge on any atom is 0.0586 e. The zero-order chi connectivity index (χ0) is 12.3. The molecule has 1 saturated carbocycles. The number of nitrogens with zero attached hydrogens (tertiary/aromatic N) is 1. The number of aliphatic hydroxyl groups excluding tert-OH is 1. The maximum atomic E-state index is 9.38. The highest BCUT2D eigenvalue weighted by Gasteiger charge is 2.32. The van der Waals surface area contributed by atoms with Crippen molar-refractivity contribution in [3.05, 3.63) is 0 Å². The molecule has 0 radical (unpaired) electrons. The number of rotatable bonds is 7. The Morgan fingerprint density at radius 3 is 2.71 bits per heavy atom. The van der Waals surface area contributed by atoms with Gasteiger partial charge in [0.2, 0.25) is 0 Å². The van der Waals surface area contributed by atoms with Gasteiger partial charge in [0.25, 0.3) is 0 Å². The first-order chi connectivity index (χ1) is 8.17. The summed E-state index contributed by atoms with van der Waals surface area (Å²) in [5, 5.41) is 13.0. The second kappa shape index (κ2) is 5.68. The summed E-state index contributed by atoms with van der Waals surface area (Å²) in [6.07, 6.45) is 6.36. The summed E-state index contributed by atoms with van der Waals surface area (Å²) in [4.78, 5) is 2.50. The summed E-state index contributed by atoms with van der Waals surface area (Å²) >= 11 is 0. The first-order valence-corrected chi connectivity index (χ1v) is 7.25. The Balaban J connectivity index is 1.83. The van der Waals surface area contributed by atoms with E-state index >= 15 is 0 Å². The number of nitrogens with one attached hydrogen (secondary N) is 1. The van der Waals surface area contributed by atoms with Crippen molar-refractivity contribution in [2.24, 2.45) is 5.41 Å². The third-order valence-corrected chi connectivity index (χ3v) is 4.54. The molecule has 2 aliphatic rings. The lowest BCUT2D eigenvalue weighted by Gasteiger charge is -2.35. The van der Waals surface area contributed by atoms with Crippen molar-refractivity contribution in [3.8, 4) is 0 Å². The molecule has 0 aromatic heterocycles. The monoisotopic (exact) mass is 240 g/mol. The third kappa shape index (κ3) is 3.67. The van der Waals surface area contributed by atoms with E-state index in [1.54, 1.807) is 0 Å². The van der Waals surface area contributed by atoms with Crippen molar-refractivity contribution < 1.29 is 5.11 Å². The number of hydrogen-bond donors (Lipinski definition) is 2. The fraction of sp³-hybridized carbons (Fsp3) is 1.00. The van der Waals surface area contributed by atoms with Gasteiger partial charge in [-0.1, -0.05) is 13.8 Å².